The van der Waals surface area contributed by atoms with Crippen molar-refractivity contribution >= 4 is 17.7 Å². The molecule has 0 saturated carbocycles. The van der Waals surface area contributed by atoms with Crippen molar-refractivity contribution in [1.82, 2.24) is 5.32 Å². The highest BCUT2D eigenvalue weighted by atomic mass is 35.5. The molecule has 0 radical (unpaired) electrons. The molecule has 2 aromatic carbocycles. The number of nitrogens with one attached hydrogen (secondary N) is 1. The van der Waals surface area contributed by atoms with Crippen molar-refractivity contribution in [2.24, 2.45) is 5.73 Å². The third-order valence-electron chi connectivity index (χ3n) is 3.69. The van der Waals surface area contributed by atoms with Gasteiger partial charge in [-0.3, -0.25) is 0 Å². The number of benzene rings is 2. The zero-order chi connectivity index (χ0) is 14.1. The van der Waals surface area contributed by atoms with Gasteiger partial charge in [0, 0.05) is 11.1 Å². The van der Waals surface area contributed by atoms with Gasteiger partial charge in [0.15, 0.2) is 0 Å². The first-order chi connectivity index (χ1) is 9.66. The molecule has 2 nitrogen and oxygen atoms in total. The molecule has 0 fully saturated rings. The summed E-state index contributed by atoms with van der Waals surface area (Å²) >= 11 is 6.45. The average molecular weight is 285 g/mol. The summed E-state index contributed by atoms with van der Waals surface area (Å²) in [4.78, 5) is 0. The first kappa shape index (κ1) is 13.2. The zero-order valence-corrected chi connectivity index (χ0v) is 12.1. The van der Waals surface area contributed by atoms with Crippen LogP contribution in [0.25, 0.3) is 6.08 Å². The summed E-state index contributed by atoms with van der Waals surface area (Å²) in [6.07, 6.45) is 4.05. The van der Waals surface area contributed by atoms with E-state index < -0.39 is 0 Å². The second-order valence-corrected chi connectivity index (χ2v) is 5.54. The Labute approximate surface area is 124 Å². The Morgan fingerprint density at radius 2 is 1.95 bits per heavy atom. The Bertz CT molecular complexity index is 662. The van der Waals surface area contributed by atoms with Crippen LogP contribution in [0.15, 0.2) is 48.7 Å². The highest BCUT2D eigenvalue weighted by Gasteiger charge is 2.20. The molecule has 102 valence electrons. The van der Waals surface area contributed by atoms with Crippen LogP contribution in [-0.2, 0) is 0 Å². The molecule has 0 bridgehead atoms. The summed E-state index contributed by atoms with van der Waals surface area (Å²) in [6, 6.07) is 14.5. The molecular formula is C17H17ClN2. The van der Waals surface area contributed by atoms with E-state index in [9.17, 15) is 0 Å². The maximum Gasteiger partial charge on any atom is 0.0782 e. The second-order valence-electron chi connectivity index (χ2n) is 5.13. The van der Waals surface area contributed by atoms with Crippen molar-refractivity contribution in [1.29, 1.82) is 0 Å². The van der Waals surface area contributed by atoms with Crippen LogP contribution < -0.4 is 11.1 Å². The molecule has 3 heteroatoms. The predicted molar refractivity (Wildman–Crippen MR) is 84.5 cm³/mol. The molecular weight excluding hydrogens is 268 g/mol. The Balaban J connectivity index is 2.04. The predicted octanol–water partition coefficient (Wildman–Crippen LogP) is 4.02. The van der Waals surface area contributed by atoms with Gasteiger partial charge in [-0.15, -0.1) is 0 Å². The number of hydrogen-bond acceptors (Lipinski definition) is 2. The van der Waals surface area contributed by atoms with Gasteiger partial charge in [-0.05, 0) is 47.5 Å². The Kier molecular flexibility index (Phi) is 3.51. The summed E-state index contributed by atoms with van der Waals surface area (Å²) in [5.74, 6) is 0. The largest absolute Gasteiger partial charge is 0.380 e. The molecule has 1 aliphatic rings. The molecule has 3 rings (SSSR count). The fraction of sp³-hybridized carbons (Fsp3) is 0.176. The van der Waals surface area contributed by atoms with Crippen LogP contribution in [0.3, 0.4) is 0 Å². The minimum absolute atomic E-state index is 0.00644. The number of halogens is 1. The van der Waals surface area contributed by atoms with E-state index in [4.69, 9.17) is 17.3 Å². The van der Waals surface area contributed by atoms with Crippen molar-refractivity contribution < 1.29 is 0 Å². The van der Waals surface area contributed by atoms with E-state index in [-0.39, 0.29) is 12.1 Å². The van der Waals surface area contributed by atoms with E-state index in [0.29, 0.717) is 0 Å². The van der Waals surface area contributed by atoms with Crippen LogP contribution in [0.4, 0.5) is 0 Å². The van der Waals surface area contributed by atoms with Crippen molar-refractivity contribution in [3.63, 3.8) is 0 Å². The van der Waals surface area contributed by atoms with Crippen molar-refractivity contribution in [3.8, 4) is 0 Å². The molecule has 2 atom stereocenters. The SMILES string of the molecule is CC(N)c1ccc(C2NC=Cc3ccccc32)c(Cl)c1. The summed E-state index contributed by atoms with van der Waals surface area (Å²) in [5, 5.41) is 4.14. The monoisotopic (exact) mass is 284 g/mol. The minimum Gasteiger partial charge on any atom is -0.380 e. The minimum atomic E-state index is -0.00644. The number of fused-ring (bicyclic) bond motifs is 1. The first-order valence-electron chi connectivity index (χ1n) is 6.73. The Morgan fingerprint density at radius 1 is 1.15 bits per heavy atom. The third-order valence-corrected chi connectivity index (χ3v) is 4.02. The molecule has 1 aliphatic heterocycles. The number of nitrogens with two attached hydrogens (primary N) is 1. The van der Waals surface area contributed by atoms with Gasteiger partial charge in [0.1, 0.15) is 0 Å². The van der Waals surface area contributed by atoms with Gasteiger partial charge >= 0.3 is 0 Å². The maximum absolute atomic E-state index is 6.45. The van der Waals surface area contributed by atoms with Crippen LogP contribution >= 0.6 is 11.6 Å². The smallest absolute Gasteiger partial charge is 0.0782 e. The molecule has 3 N–H and O–H groups in total. The average Bonchev–Trinajstić information content (AvgIpc) is 2.46. The Morgan fingerprint density at radius 3 is 2.70 bits per heavy atom. The van der Waals surface area contributed by atoms with Crippen LogP contribution in [0.1, 0.15) is 41.3 Å². The lowest BCUT2D eigenvalue weighted by Gasteiger charge is -2.25. The van der Waals surface area contributed by atoms with E-state index in [1.165, 1.54) is 11.1 Å². The number of rotatable bonds is 2. The first-order valence-corrected chi connectivity index (χ1v) is 7.11. The van der Waals surface area contributed by atoms with E-state index in [1.807, 2.05) is 25.3 Å². The van der Waals surface area contributed by atoms with Crippen LogP contribution in [0.2, 0.25) is 5.02 Å². The summed E-state index contributed by atoms with van der Waals surface area (Å²) in [6.45, 7) is 1.96. The molecule has 20 heavy (non-hydrogen) atoms. The van der Waals surface area contributed by atoms with Gasteiger partial charge in [0.05, 0.1) is 6.04 Å². The molecule has 0 aromatic heterocycles. The van der Waals surface area contributed by atoms with Crippen molar-refractivity contribution in [3.05, 3.63) is 75.9 Å². The van der Waals surface area contributed by atoms with E-state index in [2.05, 4.69) is 41.7 Å². The molecule has 0 spiro atoms. The third kappa shape index (κ3) is 2.33. The molecule has 2 aromatic rings. The van der Waals surface area contributed by atoms with Gasteiger partial charge < -0.3 is 11.1 Å². The van der Waals surface area contributed by atoms with Crippen LogP contribution in [-0.4, -0.2) is 0 Å². The summed E-state index contributed by atoms with van der Waals surface area (Å²) in [5.41, 5.74) is 10.5. The topological polar surface area (TPSA) is 38.0 Å². The molecule has 0 amide bonds. The maximum atomic E-state index is 6.45. The number of hydrogen-bond donors (Lipinski definition) is 2. The summed E-state index contributed by atoms with van der Waals surface area (Å²) < 4.78 is 0. The van der Waals surface area contributed by atoms with Gasteiger partial charge in [-0.2, -0.15) is 0 Å². The van der Waals surface area contributed by atoms with Gasteiger partial charge in [0.25, 0.3) is 0 Å². The molecule has 0 saturated heterocycles. The Hall–Kier alpha value is -1.77. The van der Waals surface area contributed by atoms with Crippen LogP contribution in [0.5, 0.6) is 0 Å². The van der Waals surface area contributed by atoms with E-state index >= 15 is 0 Å². The normalized spacial score (nSPS) is 18.2. The fourth-order valence-corrected chi connectivity index (χ4v) is 2.87. The van der Waals surface area contributed by atoms with Crippen molar-refractivity contribution in [2.45, 2.75) is 19.0 Å². The van der Waals surface area contributed by atoms with Gasteiger partial charge in [-0.1, -0.05) is 48.0 Å². The van der Waals surface area contributed by atoms with E-state index in [1.54, 1.807) is 0 Å². The van der Waals surface area contributed by atoms with Crippen LogP contribution in [0, 0.1) is 0 Å². The van der Waals surface area contributed by atoms with Gasteiger partial charge in [0.2, 0.25) is 0 Å². The van der Waals surface area contributed by atoms with Gasteiger partial charge in [-0.25, -0.2) is 0 Å². The lowest BCUT2D eigenvalue weighted by Crippen LogP contribution is -2.21. The highest BCUT2D eigenvalue weighted by Crippen LogP contribution is 2.33. The lowest BCUT2D eigenvalue weighted by molar-refractivity contribution is 0.719. The molecule has 1 heterocycles. The van der Waals surface area contributed by atoms with E-state index in [0.717, 1.165) is 16.1 Å². The second kappa shape index (κ2) is 5.31. The lowest BCUT2D eigenvalue weighted by atomic mass is 9.91. The zero-order valence-electron chi connectivity index (χ0n) is 11.3. The standard InChI is InChI=1S/C17H17ClN2/c1-11(19)13-6-7-15(16(18)10-13)17-14-5-3-2-4-12(14)8-9-20-17/h2-11,17,20H,19H2,1H3. The molecule has 0 aliphatic carbocycles. The highest BCUT2D eigenvalue weighted by molar-refractivity contribution is 6.31. The molecule has 2 unspecified atom stereocenters. The fourth-order valence-electron chi connectivity index (χ4n) is 2.57. The summed E-state index contributed by atoms with van der Waals surface area (Å²) in [7, 11) is 0. The quantitative estimate of drug-likeness (QED) is 0.874. The van der Waals surface area contributed by atoms with Crippen molar-refractivity contribution in [2.75, 3.05) is 0 Å².